The van der Waals surface area contributed by atoms with E-state index in [1.165, 1.54) is 11.6 Å². The standard InChI is InChI=1S/C24H25FN4/c1-15-3-10-24-27-23(14-29(24)28-15)16(2)17-4-6-18(7-5-17)20-11-12-26-22-9-8-19(25)13-21(20)22/h3,8-14,16-18H,4-7H2,1-2H3/t16-,17-,18+/m1/s1. The summed E-state index contributed by atoms with van der Waals surface area (Å²) in [5, 5.41) is 5.49. The Hall–Kier alpha value is -2.82. The third-order valence-corrected chi connectivity index (χ3v) is 6.59. The van der Waals surface area contributed by atoms with Gasteiger partial charge in [0.25, 0.3) is 0 Å². The molecule has 1 aliphatic carbocycles. The number of aryl methyl sites for hydroxylation is 1. The molecule has 1 saturated carbocycles. The van der Waals surface area contributed by atoms with Gasteiger partial charge in [0.2, 0.25) is 0 Å². The molecule has 0 spiro atoms. The van der Waals surface area contributed by atoms with Crippen LogP contribution in [0.5, 0.6) is 0 Å². The minimum atomic E-state index is -0.190. The summed E-state index contributed by atoms with van der Waals surface area (Å²) in [6, 6.07) is 11.0. The largest absolute Gasteiger partial charge is 0.256 e. The second kappa shape index (κ2) is 7.21. The third-order valence-electron chi connectivity index (χ3n) is 6.59. The van der Waals surface area contributed by atoms with Crippen molar-refractivity contribution in [2.75, 3.05) is 0 Å². The molecule has 5 heteroatoms. The van der Waals surface area contributed by atoms with Gasteiger partial charge < -0.3 is 0 Å². The molecule has 0 bridgehead atoms. The van der Waals surface area contributed by atoms with E-state index in [-0.39, 0.29) is 5.82 Å². The molecule has 3 aromatic heterocycles. The van der Waals surface area contributed by atoms with Crippen molar-refractivity contribution >= 4 is 16.6 Å². The molecule has 1 fully saturated rings. The highest BCUT2D eigenvalue weighted by molar-refractivity contribution is 5.82. The molecular weight excluding hydrogens is 363 g/mol. The first kappa shape index (κ1) is 18.2. The van der Waals surface area contributed by atoms with Gasteiger partial charge in [-0.2, -0.15) is 5.10 Å². The SMILES string of the molecule is Cc1ccc2nc([C@H](C)[C@H]3CC[C@@H](c4ccnc5ccc(F)cc54)CC3)cn2n1. The van der Waals surface area contributed by atoms with E-state index in [1.807, 2.05) is 29.8 Å². The summed E-state index contributed by atoms with van der Waals surface area (Å²) in [5.74, 6) is 1.30. The highest BCUT2D eigenvalue weighted by Gasteiger charge is 2.29. The first-order chi connectivity index (χ1) is 14.1. The van der Waals surface area contributed by atoms with Gasteiger partial charge in [-0.15, -0.1) is 0 Å². The number of hydrogen-bond acceptors (Lipinski definition) is 3. The molecule has 1 aliphatic rings. The maximum atomic E-state index is 13.8. The van der Waals surface area contributed by atoms with Crippen molar-refractivity contribution in [1.82, 2.24) is 19.6 Å². The normalized spacial score (nSPS) is 20.9. The van der Waals surface area contributed by atoms with Gasteiger partial charge in [-0.05, 0) is 86.4 Å². The van der Waals surface area contributed by atoms with Gasteiger partial charge >= 0.3 is 0 Å². The van der Waals surface area contributed by atoms with Crippen molar-refractivity contribution in [3.63, 3.8) is 0 Å². The van der Waals surface area contributed by atoms with Crippen LogP contribution >= 0.6 is 0 Å². The van der Waals surface area contributed by atoms with Crippen molar-refractivity contribution < 1.29 is 4.39 Å². The summed E-state index contributed by atoms with van der Waals surface area (Å²) < 4.78 is 15.7. The van der Waals surface area contributed by atoms with Crippen LogP contribution in [0.2, 0.25) is 0 Å². The number of benzene rings is 1. The van der Waals surface area contributed by atoms with Gasteiger partial charge in [0.1, 0.15) is 5.82 Å². The van der Waals surface area contributed by atoms with Crippen LogP contribution in [0, 0.1) is 18.7 Å². The van der Waals surface area contributed by atoms with Crippen molar-refractivity contribution in [3.05, 3.63) is 71.6 Å². The van der Waals surface area contributed by atoms with E-state index < -0.39 is 0 Å². The Morgan fingerprint density at radius 2 is 1.90 bits per heavy atom. The number of pyridine rings is 1. The smallest absolute Gasteiger partial charge is 0.153 e. The fraction of sp³-hybridized carbons (Fsp3) is 0.375. The third kappa shape index (κ3) is 3.39. The molecule has 29 heavy (non-hydrogen) atoms. The van der Waals surface area contributed by atoms with E-state index in [9.17, 15) is 4.39 Å². The summed E-state index contributed by atoms with van der Waals surface area (Å²) >= 11 is 0. The molecular formula is C24H25FN4. The van der Waals surface area contributed by atoms with E-state index in [1.54, 1.807) is 12.1 Å². The zero-order chi connectivity index (χ0) is 20.0. The summed E-state index contributed by atoms with van der Waals surface area (Å²) in [7, 11) is 0. The van der Waals surface area contributed by atoms with E-state index in [2.05, 4.69) is 29.3 Å². The zero-order valence-corrected chi connectivity index (χ0v) is 16.8. The number of halogens is 1. The molecule has 5 rings (SSSR count). The molecule has 4 nitrogen and oxygen atoms in total. The van der Waals surface area contributed by atoms with Crippen molar-refractivity contribution in [2.45, 2.75) is 51.4 Å². The lowest BCUT2D eigenvalue weighted by Crippen LogP contribution is -2.18. The molecule has 3 heterocycles. The Balaban J connectivity index is 1.34. The summed E-state index contributed by atoms with van der Waals surface area (Å²) in [6.07, 6.45) is 8.50. The average molecular weight is 388 g/mol. The number of aromatic nitrogens is 4. The van der Waals surface area contributed by atoms with E-state index >= 15 is 0 Å². The maximum absolute atomic E-state index is 13.8. The molecule has 0 N–H and O–H groups in total. The highest BCUT2D eigenvalue weighted by Crippen LogP contribution is 2.43. The average Bonchev–Trinajstić information content (AvgIpc) is 3.16. The monoisotopic (exact) mass is 388 g/mol. The lowest BCUT2D eigenvalue weighted by molar-refractivity contribution is 0.289. The second-order valence-electron chi connectivity index (χ2n) is 8.41. The molecule has 0 amide bonds. The summed E-state index contributed by atoms with van der Waals surface area (Å²) in [6.45, 7) is 4.29. The Bertz CT molecular complexity index is 1170. The van der Waals surface area contributed by atoms with Crippen LogP contribution < -0.4 is 0 Å². The lowest BCUT2D eigenvalue weighted by Gasteiger charge is -2.32. The number of fused-ring (bicyclic) bond motifs is 2. The molecule has 0 aliphatic heterocycles. The van der Waals surface area contributed by atoms with Crippen LogP contribution in [0.15, 0.2) is 48.8 Å². The molecule has 1 atom stereocenters. The number of rotatable bonds is 3. The Morgan fingerprint density at radius 1 is 1.07 bits per heavy atom. The Labute approximate surface area is 169 Å². The van der Waals surface area contributed by atoms with E-state index in [4.69, 9.17) is 4.98 Å². The van der Waals surface area contributed by atoms with Crippen LogP contribution in [0.4, 0.5) is 4.39 Å². The Morgan fingerprint density at radius 3 is 2.72 bits per heavy atom. The van der Waals surface area contributed by atoms with Crippen molar-refractivity contribution in [3.8, 4) is 0 Å². The lowest BCUT2D eigenvalue weighted by atomic mass is 9.73. The van der Waals surface area contributed by atoms with Crippen molar-refractivity contribution in [1.29, 1.82) is 0 Å². The Kier molecular flexibility index (Phi) is 4.53. The maximum Gasteiger partial charge on any atom is 0.153 e. The molecule has 148 valence electrons. The molecule has 4 aromatic rings. The van der Waals surface area contributed by atoms with Crippen LogP contribution in [0.1, 0.15) is 61.4 Å². The minimum Gasteiger partial charge on any atom is -0.256 e. The second-order valence-corrected chi connectivity index (χ2v) is 8.41. The van der Waals surface area contributed by atoms with E-state index in [0.29, 0.717) is 17.8 Å². The van der Waals surface area contributed by atoms with Gasteiger partial charge in [0, 0.05) is 17.5 Å². The van der Waals surface area contributed by atoms with Crippen LogP contribution in [-0.4, -0.2) is 19.6 Å². The number of hydrogen-bond donors (Lipinski definition) is 0. The minimum absolute atomic E-state index is 0.190. The van der Waals surface area contributed by atoms with Gasteiger partial charge in [0.05, 0.1) is 23.1 Å². The fourth-order valence-electron chi connectivity index (χ4n) is 4.88. The van der Waals surface area contributed by atoms with Crippen molar-refractivity contribution in [2.24, 2.45) is 5.92 Å². The molecule has 0 saturated heterocycles. The summed E-state index contributed by atoms with van der Waals surface area (Å²) in [4.78, 5) is 9.21. The molecule has 1 aromatic carbocycles. The first-order valence-corrected chi connectivity index (χ1v) is 10.5. The van der Waals surface area contributed by atoms with Crippen LogP contribution in [0.3, 0.4) is 0 Å². The van der Waals surface area contributed by atoms with Gasteiger partial charge in [-0.3, -0.25) is 4.98 Å². The predicted octanol–water partition coefficient (Wildman–Crippen LogP) is 5.80. The number of nitrogens with zero attached hydrogens (tertiary/aromatic N) is 4. The molecule has 0 unspecified atom stereocenters. The summed E-state index contributed by atoms with van der Waals surface area (Å²) in [5.41, 5.74) is 5.16. The molecule has 0 radical (unpaired) electrons. The van der Waals surface area contributed by atoms with E-state index in [0.717, 1.165) is 53.6 Å². The van der Waals surface area contributed by atoms with Gasteiger partial charge in [0.15, 0.2) is 5.65 Å². The topological polar surface area (TPSA) is 43.1 Å². The zero-order valence-electron chi connectivity index (χ0n) is 16.8. The number of imidazole rings is 1. The van der Waals surface area contributed by atoms with Gasteiger partial charge in [-0.25, -0.2) is 13.9 Å². The van der Waals surface area contributed by atoms with Crippen LogP contribution in [-0.2, 0) is 0 Å². The van der Waals surface area contributed by atoms with Gasteiger partial charge in [-0.1, -0.05) is 6.92 Å². The fourth-order valence-corrected chi connectivity index (χ4v) is 4.88. The first-order valence-electron chi connectivity index (χ1n) is 10.5. The van der Waals surface area contributed by atoms with Crippen LogP contribution in [0.25, 0.3) is 16.6 Å². The highest BCUT2D eigenvalue weighted by atomic mass is 19.1. The quantitative estimate of drug-likeness (QED) is 0.445. The predicted molar refractivity (Wildman–Crippen MR) is 113 cm³/mol.